The van der Waals surface area contributed by atoms with Gasteiger partial charge in [0.2, 0.25) is 5.91 Å². The number of amides is 1. The van der Waals surface area contributed by atoms with E-state index >= 15 is 0 Å². The second-order valence-corrected chi connectivity index (χ2v) is 7.79. The average Bonchev–Trinajstić information content (AvgIpc) is 3.17. The molecule has 1 amide bonds. The Morgan fingerprint density at radius 3 is 2.58 bits per heavy atom. The predicted octanol–water partition coefficient (Wildman–Crippen LogP) is 4.63. The second kappa shape index (κ2) is 9.28. The summed E-state index contributed by atoms with van der Waals surface area (Å²) in [4.78, 5) is 14.4. The highest BCUT2D eigenvalue weighted by atomic mass is 35.5. The van der Waals surface area contributed by atoms with Crippen LogP contribution in [-0.2, 0) is 17.1 Å². The van der Waals surface area contributed by atoms with Crippen molar-refractivity contribution in [3.8, 4) is 0 Å². The Balaban J connectivity index is 1.39. The lowest BCUT2D eigenvalue weighted by Crippen LogP contribution is -2.24. The van der Waals surface area contributed by atoms with E-state index in [-0.39, 0.29) is 11.7 Å². The summed E-state index contributed by atoms with van der Waals surface area (Å²) in [5.74, 6) is 0.367. The molecule has 3 nitrogen and oxygen atoms in total. The Morgan fingerprint density at radius 2 is 1.88 bits per heavy atom. The number of rotatable bonds is 7. The molecule has 1 fully saturated rings. The fraction of sp³-hybridized carbons (Fsp3) is 0.350. The molecule has 0 spiro atoms. The monoisotopic (exact) mass is 392 g/mol. The van der Waals surface area contributed by atoms with Crippen molar-refractivity contribution >= 4 is 35.0 Å². The number of carbonyl (C=O) groups is 1. The van der Waals surface area contributed by atoms with Gasteiger partial charge in [-0.25, -0.2) is 4.39 Å². The molecule has 138 valence electrons. The Kier molecular flexibility index (Phi) is 6.80. The second-order valence-electron chi connectivity index (χ2n) is 6.37. The van der Waals surface area contributed by atoms with Crippen LogP contribution in [0.1, 0.15) is 24.0 Å². The fourth-order valence-electron chi connectivity index (χ4n) is 2.94. The summed E-state index contributed by atoms with van der Waals surface area (Å²) in [7, 11) is 0. The van der Waals surface area contributed by atoms with Gasteiger partial charge < -0.3 is 10.2 Å². The lowest BCUT2D eigenvalue weighted by Gasteiger charge is -2.17. The summed E-state index contributed by atoms with van der Waals surface area (Å²) in [6.07, 6.45) is 2.52. The first-order valence-corrected chi connectivity index (χ1v) is 10.3. The lowest BCUT2D eigenvalue weighted by atomic mass is 10.2. The van der Waals surface area contributed by atoms with E-state index in [2.05, 4.69) is 34.5 Å². The largest absolute Gasteiger partial charge is 0.372 e. The van der Waals surface area contributed by atoms with Crippen LogP contribution >= 0.6 is 23.4 Å². The van der Waals surface area contributed by atoms with Gasteiger partial charge in [0.15, 0.2) is 0 Å². The molecule has 0 aliphatic carbocycles. The van der Waals surface area contributed by atoms with Gasteiger partial charge in [-0.05, 0) is 48.2 Å². The van der Waals surface area contributed by atoms with Crippen LogP contribution in [0.3, 0.4) is 0 Å². The normalized spacial score (nSPS) is 13.8. The van der Waals surface area contributed by atoms with Crippen molar-refractivity contribution in [2.24, 2.45) is 0 Å². The molecule has 1 aliphatic heterocycles. The first kappa shape index (κ1) is 19.1. The Hall–Kier alpha value is -1.72. The zero-order valence-electron chi connectivity index (χ0n) is 14.5. The number of thioether (sulfide) groups is 1. The summed E-state index contributed by atoms with van der Waals surface area (Å²) in [6, 6.07) is 13.0. The predicted molar refractivity (Wildman–Crippen MR) is 107 cm³/mol. The van der Waals surface area contributed by atoms with E-state index in [0.717, 1.165) is 18.7 Å². The van der Waals surface area contributed by atoms with Crippen molar-refractivity contribution in [2.75, 3.05) is 23.7 Å². The van der Waals surface area contributed by atoms with Crippen molar-refractivity contribution < 1.29 is 9.18 Å². The molecule has 0 aromatic heterocycles. The summed E-state index contributed by atoms with van der Waals surface area (Å²) >= 11 is 7.12. The van der Waals surface area contributed by atoms with Crippen LogP contribution in [0.4, 0.5) is 10.1 Å². The van der Waals surface area contributed by atoms with Crippen LogP contribution < -0.4 is 10.2 Å². The quantitative estimate of drug-likeness (QED) is 0.745. The first-order valence-electron chi connectivity index (χ1n) is 8.74. The fourth-order valence-corrected chi connectivity index (χ4v) is 3.95. The molecule has 1 heterocycles. The number of nitrogens with zero attached hydrogens (tertiary/aromatic N) is 1. The number of anilines is 1. The molecular formula is C20H22ClFN2OS. The van der Waals surface area contributed by atoms with Gasteiger partial charge >= 0.3 is 0 Å². The maximum atomic E-state index is 13.7. The molecular weight excluding hydrogens is 371 g/mol. The molecule has 0 unspecified atom stereocenters. The van der Waals surface area contributed by atoms with Crippen molar-refractivity contribution in [1.29, 1.82) is 0 Å². The van der Waals surface area contributed by atoms with Crippen molar-refractivity contribution in [3.05, 3.63) is 64.4 Å². The molecule has 0 atom stereocenters. The lowest BCUT2D eigenvalue weighted by molar-refractivity contribution is -0.118. The van der Waals surface area contributed by atoms with Gasteiger partial charge in [-0.15, -0.1) is 11.8 Å². The van der Waals surface area contributed by atoms with E-state index < -0.39 is 0 Å². The Labute approximate surface area is 162 Å². The Bertz CT molecular complexity index is 748. The molecule has 26 heavy (non-hydrogen) atoms. The zero-order valence-corrected chi connectivity index (χ0v) is 16.1. The molecule has 1 saturated heterocycles. The van der Waals surface area contributed by atoms with E-state index in [0.29, 0.717) is 28.6 Å². The number of hydrogen-bond donors (Lipinski definition) is 1. The molecule has 1 N–H and O–H groups in total. The highest BCUT2D eigenvalue weighted by molar-refractivity contribution is 7.99. The van der Waals surface area contributed by atoms with Crippen molar-refractivity contribution in [3.63, 3.8) is 0 Å². The molecule has 2 aromatic carbocycles. The van der Waals surface area contributed by atoms with Gasteiger partial charge in [-0.2, -0.15) is 0 Å². The number of carbonyl (C=O) groups excluding carboxylic acids is 1. The van der Waals surface area contributed by atoms with E-state index in [1.54, 1.807) is 12.1 Å². The third kappa shape index (κ3) is 5.39. The third-order valence-electron chi connectivity index (χ3n) is 4.40. The van der Waals surface area contributed by atoms with Crippen molar-refractivity contribution in [2.45, 2.75) is 25.1 Å². The van der Waals surface area contributed by atoms with Gasteiger partial charge in [0, 0.05) is 36.1 Å². The highest BCUT2D eigenvalue weighted by Crippen LogP contribution is 2.21. The van der Waals surface area contributed by atoms with E-state index in [1.165, 1.54) is 36.4 Å². The van der Waals surface area contributed by atoms with E-state index in [9.17, 15) is 9.18 Å². The molecule has 2 aromatic rings. The van der Waals surface area contributed by atoms with Gasteiger partial charge in [-0.1, -0.05) is 29.8 Å². The summed E-state index contributed by atoms with van der Waals surface area (Å²) < 4.78 is 13.7. The molecule has 0 saturated carbocycles. The highest BCUT2D eigenvalue weighted by Gasteiger charge is 2.12. The van der Waals surface area contributed by atoms with E-state index in [1.807, 2.05) is 0 Å². The van der Waals surface area contributed by atoms with Crippen molar-refractivity contribution in [1.82, 2.24) is 5.32 Å². The van der Waals surface area contributed by atoms with Gasteiger partial charge in [-0.3, -0.25) is 4.79 Å². The summed E-state index contributed by atoms with van der Waals surface area (Å²) in [6.45, 7) is 2.76. The maximum Gasteiger partial charge on any atom is 0.230 e. The van der Waals surface area contributed by atoms with Crippen LogP contribution in [0.2, 0.25) is 5.02 Å². The van der Waals surface area contributed by atoms with Gasteiger partial charge in [0.1, 0.15) is 5.82 Å². The minimum atomic E-state index is -0.330. The van der Waals surface area contributed by atoms with Crippen LogP contribution in [0.15, 0.2) is 42.5 Å². The van der Waals surface area contributed by atoms with Crippen LogP contribution in [0.25, 0.3) is 0 Å². The Morgan fingerprint density at radius 1 is 1.15 bits per heavy atom. The SMILES string of the molecule is O=C(CSCc1ccc(Cl)cc1F)NCc1ccc(N2CCCC2)cc1. The molecule has 0 bridgehead atoms. The smallest absolute Gasteiger partial charge is 0.230 e. The number of halogens is 2. The number of hydrogen-bond acceptors (Lipinski definition) is 3. The minimum Gasteiger partial charge on any atom is -0.372 e. The van der Waals surface area contributed by atoms with Gasteiger partial charge in [0.05, 0.1) is 5.75 Å². The summed E-state index contributed by atoms with van der Waals surface area (Å²) in [5, 5.41) is 3.29. The van der Waals surface area contributed by atoms with Crippen LogP contribution in [0.5, 0.6) is 0 Å². The molecule has 6 heteroatoms. The van der Waals surface area contributed by atoms with Gasteiger partial charge in [0.25, 0.3) is 0 Å². The first-order chi connectivity index (χ1) is 12.6. The molecule has 0 radical (unpaired) electrons. The number of nitrogens with one attached hydrogen (secondary N) is 1. The average molecular weight is 393 g/mol. The standard InChI is InChI=1S/C20H22ClFN2OS/c21-17-6-5-16(19(22)11-17)13-26-14-20(25)23-12-15-3-7-18(8-4-15)24-9-1-2-10-24/h3-8,11H,1-2,9-10,12-14H2,(H,23,25). The minimum absolute atomic E-state index is 0.0482. The third-order valence-corrected chi connectivity index (χ3v) is 5.62. The number of benzene rings is 2. The topological polar surface area (TPSA) is 32.3 Å². The maximum absolute atomic E-state index is 13.7. The molecule has 1 aliphatic rings. The zero-order chi connectivity index (χ0) is 18.4. The van der Waals surface area contributed by atoms with E-state index in [4.69, 9.17) is 11.6 Å². The van der Waals surface area contributed by atoms with Crippen LogP contribution in [-0.4, -0.2) is 24.7 Å². The summed E-state index contributed by atoms with van der Waals surface area (Å²) in [5.41, 5.74) is 2.89. The van der Waals surface area contributed by atoms with Crippen LogP contribution in [0, 0.1) is 5.82 Å². The molecule has 3 rings (SSSR count).